The molecular formula is C17H30N4. The van der Waals surface area contributed by atoms with Gasteiger partial charge in [-0.3, -0.25) is 4.90 Å². The summed E-state index contributed by atoms with van der Waals surface area (Å²) in [5, 5.41) is 3.40. The van der Waals surface area contributed by atoms with Crippen LogP contribution >= 0.6 is 0 Å². The molecule has 1 aromatic rings. The van der Waals surface area contributed by atoms with Crippen molar-refractivity contribution in [3.8, 4) is 0 Å². The Morgan fingerprint density at radius 1 is 1.19 bits per heavy atom. The second-order valence-corrected chi connectivity index (χ2v) is 6.04. The summed E-state index contributed by atoms with van der Waals surface area (Å²) in [6.45, 7) is 15.2. The van der Waals surface area contributed by atoms with Crippen molar-refractivity contribution in [3.05, 3.63) is 23.4 Å². The monoisotopic (exact) mass is 290 g/mol. The molecule has 1 aliphatic rings. The van der Waals surface area contributed by atoms with Gasteiger partial charge in [-0.05, 0) is 44.5 Å². The molecular weight excluding hydrogens is 260 g/mol. The lowest BCUT2D eigenvalue weighted by Gasteiger charge is -2.38. The SMILES string of the molecule is CCNCc1cc(C)nc(N2CCN(C(C)CC)CC2)c1. The molecule has 0 bridgehead atoms. The first-order valence-corrected chi connectivity index (χ1v) is 8.31. The van der Waals surface area contributed by atoms with Crippen molar-refractivity contribution in [2.75, 3.05) is 37.6 Å². The van der Waals surface area contributed by atoms with E-state index in [0.29, 0.717) is 6.04 Å². The predicted octanol–water partition coefficient (Wildman–Crippen LogP) is 2.42. The molecule has 1 fully saturated rings. The van der Waals surface area contributed by atoms with E-state index < -0.39 is 0 Å². The maximum absolute atomic E-state index is 4.74. The van der Waals surface area contributed by atoms with Gasteiger partial charge in [-0.25, -0.2) is 4.98 Å². The number of aromatic nitrogens is 1. The van der Waals surface area contributed by atoms with E-state index in [1.165, 1.54) is 12.0 Å². The molecule has 1 aromatic heterocycles. The first-order chi connectivity index (χ1) is 10.1. The van der Waals surface area contributed by atoms with Crippen molar-refractivity contribution in [2.24, 2.45) is 0 Å². The molecule has 1 unspecified atom stereocenters. The highest BCUT2D eigenvalue weighted by Crippen LogP contribution is 2.18. The Morgan fingerprint density at radius 3 is 2.52 bits per heavy atom. The van der Waals surface area contributed by atoms with Crippen LogP contribution in [0.2, 0.25) is 0 Å². The van der Waals surface area contributed by atoms with E-state index in [4.69, 9.17) is 4.98 Å². The van der Waals surface area contributed by atoms with Gasteiger partial charge in [-0.2, -0.15) is 0 Å². The van der Waals surface area contributed by atoms with E-state index in [-0.39, 0.29) is 0 Å². The summed E-state index contributed by atoms with van der Waals surface area (Å²) in [6.07, 6.45) is 1.23. The normalized spacial score (nSPS) is 18.0. The van der Waals surface area contributed by atoms with Crippen LogP contribution in [0.3, 0.4) is 0 Å². The topological polar surface area (TPSA) is 31.4 Å². The van der Waals surface area contributed by atoms with E-state index in [9.17, 15) is 0 Å². The third-order valence-electron chi connectivity index (χ3n) is 4.43. The molecule has 0 radical (unpaired) electrons. The van der Waals surface area contributed by atoms with Crippen LogP contribution in [0.15, 0.2) is 12.1 Å². The van der Waals surface area contributed by atoms with Gasteiger partial charge in [0.1, 0.15) is 5.82 Å². The number of aryl methyl sites for hydroxylation is 1. The number of pyridine rings is 1. The highest BCUT2D eigenvalue weighted by Gasteiger charge is 2.21. The lowest BCUT2D eigenvalue weighted by atomic mass is 10.1. The average Bonchev–Trinajstić information content (AvgIpc) is 2.51. The Labute approximate surface area is 129 Å². The number of anilines is 1. The van der Waals surface area contributed by atoms with Crippen LogP contribution in [0.1, 0.15) is 38.4 Å². The Balaban J connectivity index is 2.01. The summed E-state index contributed by atoms with van der Waals surface area (Å²) in [7, 11) is 0. The lowest BCUT2D eigenvalue weighted by molar-refractivity contribution is 0.192. The number of hydrogen-bond acceptors (Lipinski definition) is 4. The molecule has 1 N–H and O–H groups in total. The van der Waals surface area contributed by atoms with Crippen molar-refractivity contribution in [3.63, 3.8) is 0 Å². The average molecular weight is 290 g/mol. The molecule has 118 valence electrons. The summed E-state index contributed by atoms with van der Waals surface area (Å²) >= 11 is 0. The van der Waals surface area contributed by atoms with Crippen LogP contribution in [0.25, 0.3) is 0 Å². The molecule has 0 amide bonds. The van der Waals surface area contributed by atoms with Crippen molar-refractivity contribution in [1.29, 1.82) is 0 Å². The standard InChI is InChI=1S/C17H30N4/c1-5-15(4)20-7-9-21(10-8-20)17-12-16(13-18-6-2)11-14(3)19-17/h11-12,15,18H,5-10,13H2,1-4H3. The van der Waals surface area contributed by atoms with E-state index in [0.717, 1.165) is 50.8 Å². The minimum atomic E-state index is 0.696. The summed E-state index contributed by atoms with van der Waals surface area (Å²) in [5.41, 5.74) is 2.45. The van der Waals surface area contributed by atoms with Crippen LogP contribution in [0.4, 0.5) is 5.82 Å². The van der Waals surface area contributed by atoms with Gasteiger partial charge in [-0.15, -0.1) is 0 Å². The van der Waals surface area contributed by atoms with Gasteiger partial charge >= 0.3 is 0 Å². The zero-order valence-electron chi connectivity index (χ0n) is 14.0. The predicted molar refractivity (Wildman–Crippen MR) is 89.9 cm³/mol. The Bertz CT molecular complexity index is 438. The van der Waals surface area contributed by atoms with E-state index in [1.807, 2.05) is 0 Å². The number of nitrogens with one attached hydrogen (secondary N) is 1. The fraction of sp³-hybridized carbons (Fsp3) is 0.706. The van der Waals surface area contributed by atoms with Gasteiger partial charge in [0, 0.05) is 44.5 Å². The first-order valence-electron chi connectivity index (χ1n) is 8.31. The van der Waals surface area contributed by atoms with Crippen LogP contribution < -0.4 is 10.2 Å². The van der Waals surface area contributed by atoms with Gasteiger partial charge < -0.3 is 10.2 Å². The molecule has 4 heteroatoms. The van der Waals surface area contributed by atoms with Crippen molar-refractivity contribution >= 4 is 5.82 Å². The number of rotatable bonds is 6. The minimum absolute atomic E-state index is 0.696. The minimum Gasteiger partial charge on any atom is -0.354 e. The molecule has 4 nitrogen and oxygen atoms in total. The largest absolute Gasteiger partial charge is 0.354 e. The highest BCUT2D eigenvalue weighted by molar-refractivity contribution is 5.43. The Kier molecular flexibility index (Phi) is 6.00. The third-order valence-corrected chi connectivity index (χ3v) is 4.43. The van der Waals surface area contributed by atoms with Crippen molar-refractivity contribution in [2.45, 2.75) is 46.7 Å². The van der Waals surface area contributed by atoms with Gasteiger partial charge in [0.25, 0.3) is 0 Å². The maximum Gasteiger partial charge on any atom is 0.129 e. The molecule has 21 heavy (non-hydrogen) atoms. The second-order valence-electron chi connectivity index (χ2n) is 6.04. The molecule has 0 aromatic carbocycles. The van der Waals surface area contributed by atoms with Crippen LogP contribution in [-0.2, 0) is 6.54 Å². The molecule has 1 aliphatic heterocycles. The zero-order valence-corrected chi connectivity index (χ0v) is 14.0. The highest BCUT2D eigenvalue weighted by atomic mass is 15.3. The summed E-state index contributed by atoms with van der Waals surface area (Å²) in [5.74, 6) is 1.15. The van der Waals surface area contributed by atoms with Gasteiger partial charge in [0.05, 0.1) is 0 Å². The second kappa shape index (κ2) is 7.76. The molecule has 0 aliphatic carbocycles. The zero-order chi connectivity index (χ0) is 15.2. The Hall–Kier alpha value is -1.13. The van der Waals surface area contributed by atoms with E-state index >= 15 is 0 Å². The lowest BCUT2D eigenvalue weighted by Crippen LogP contribution is -2.49. The molecule has 1 atom stereocenters. The number of nitrogens with zero attached hydrogens (tertiary/aromatic N) is 3. The van der Waals surface area contributed by atoms with E-state index in [2.05, 4.69) is 54.9 Å². The third kappa shape index (κ3) is 4.42. The number of hydrogen-bond donors (Lipinski definition) is 1. The first kappa shape index (κ1) is 16.2. The summed E-state index contributed by atoms with van der Waals surface area (Å²) in [6, 6.07) is 5.12. The van der Waals surface area contributed by atoms with Crippen LogP contribution in [0, 0.1) is 6.92 Å². The van der Waals surface area contributed by atoms with Crippen LogP contribution in [0.5, 0.6) is 0 Å². The van der Waals surface area contributed by atoms with Gasteiger partial charge in [-0.1, -0.05) is 13.8 Å². The molecule has 2 heterocycles. The smallest absolute Gasteiger partial charge is 0.129 e. The van der Waals surface area contributed by atoms with Crippen molar-refractivity contribution in [1.82, 2.24) is 15.2 Å². The van der Waals surface area contributed by atoms with Crippen molar-refractivity contribution < 1.29 is 0 Å². The summed E-state index contributed by atoms with van der Waals surface area (Å²) < 4.78 is 0. The fourth-order valence-corrected chi connectivity index (χ4v) is 2.90. The number of piperazine rings is 1. The molecule has 0 saturated carbocycles. The van der Waals surface area contributed by atoms with Gasteiger partial charge in [0.15, 0.2) is 0 Å². The molecule has 0 spiro atoms. The quantitative estimate of drug-likeness (QED) is 0.872. The van der Waals surface area contributed by atoms with E-state index in [1.54, 1.807) is 0 Å². The Morgan fingerprint density at radius 2 is 1.90 bits per heavy atom. The molecule has 1 saturated heterocycles. The van der Waals surface area contributed by atoms with Gasteiger partial charge in [0.2, 0.25) is 0 Å². The van der Waals surface area contributed by atoms with Crippen LogP contribution in [-0.4, -0.2) is 48.6 Å². The summed E-state index contributed by atoms with van der Waals surface area (Å²) in [4.78, 5) is 9.76. The maximum atomic E-state index is 4.74. The molecule has 2 rings (SSSR count). The fourth-order valence-electron chi connectivity index (χ4n) is 2.90.